The smallest absolute Gasteiger partial charge is 0.123 e. The average Bonchev–Trinajstić information content (AvgIpc) is 2.00. The van der Waals surface area contributed by atoms with Crippen LogP contribution in [0.25, 0.3) is 0 Å². The number of hydrogen-bond donors (Lipinski definition) is 1. The minimum atomic E-state index is -0.161. The van der Waals surface area contributed by atoms with E-state index in [0.29, 0.717) is 6.04 Å². The van der Waals surface area contributed by atoms with Gasteiger partial charge in [-0.2, -0.15) is 0 Å². The Morgan fingerprint density at radius 3 is 2.64 bits per heavy atom. The topological polar surface area (TPSA) is 15.3 Å². The van der Waals surface area contributed by atoms with E-state index in [1.54, 1.807) is 6.07 Å². The van der Waals surface area contributed by atoms with E-state index >= 15 is 0 Å². The number of nitrogens with zero attached hydrogens (tertiary/aromatic N) is 1. The van der Waals surface area contributed by atoms with Gasteiger partial charge in [-0.3, -0.25) is 0 Å². The Morgan fingerprint density at radius 2 is 2.14 bits per heavy atom. The molecule has 1 saturated heterocycles. The Balaban J connectivity index is 2.22. The lowest BCUT2D eigenvalue weighted by atomic mass is 10.1. The molecule has 1 heterocycles. The van der Waals surface area contributed by atoms with E-state index in [0.717, 1.165) is 24.3 Å². The zero-order valence-electron chi connectivity index (χ0n) is 8.55. The molecule has 1 fully saturated rings. The van der Waals surface area contributed by atoms with Gasteiger partial charge in [0.1, 0.15) is 5.82 Å². The summed E-state index contributed by atoms with van der Waals surface area (Å²) in [6.45, 7) is 3.99. The first-order valence-corrected chi connectivity index (χ1v) is 4.88. The second-order valence-electron chi connectivity index (χ2n) is 3.85. The fourth-order valence-corrected chi connectivity index (χ4v) is 1.76. The zero-order chi connectivity index (χ0) is 10.1. The van der Waals surface area contributed by atoms with Crippen molar-refractivity contribution in [1.82, 2.24) is 5.32 Å². The van der Waals surface area contributed by atoms with Crippen LogP contribution in [0.4, 0.5) is 10.1 Å². The molecule has 0 unspecified atom stereocenters. The van der Waals surface area contributed by atoms with Gasteiger partial charge in [-0.15, -0.1) is 0 Å². The van der Waals surface area contributed by atoms with Crippen molar-refractivity contribution in [2.75, 3.05) is 25.0 Å². The molecule has 0 aliphatic carbocycles. The van der Waals surface area contributed by atoms with Crippen LogP contribution in [0, 0.1) is 12.7 Å². The highest BCUT2D eigenvalue weighted by molar-refractivity contribution is 5.53. The predicted molar refractivity (Wildman–Crippen MR) is 56.2 cm³/mol. The highest BCUT2D eigenvalue weighted by Gasteiger charge is 2.22. The van der Waals surface area contributed by atoms with Crippen molar-refractivity contribution in [3.8, 4) is 0 Å². The lowest BCUT2D eigenvalue weighted by molar-refractivity contribution is 0.428. The maximum absolute atomic E-state index is 12.9. The summed E-state index contributed by atoms with van der Waals surface area (Å²) in [7, 11) is 2.06. The van der Waals surface area contributed by atoms with Crippen LogP contribution in [0.3, 0.4) is 0 Å². The number of hydrogen-bond acceptors (Lipinski definition) is 2. The summed E-state index contributed by atoms with van der Waals surface area (Å²) in [5.74, 6) is -0.161. The zero-order valence-corrected chi connectivity index (χ0v) is 8.55. The number of nitrogens with one attached hydrogen (secondary N) is 1. The van der Waals surface area contributed by atoms with Crippen LogP contribution in [0.5, 0.6) is 0 Å². The van der Waals surface area contributed by atoms with Gasteiger partial charge in [-0.25, -0.2) is 4.39 Å². The fraction of sp³-hybridized carbons (Fsp3) is 0.455. The van der Waals surface area contributed by atoms with Crippen LogP contribution in [-0.2, 0) is 0 Å². The first-order chi connectivity index (χ1) is 6.68. The summed E-state index contributed by atoms with van der Waals surface area (Å²) >= 11 is 0. The quantitative estimate of drug-likeness (QED) is 0.768. The van der Waals surface area contributed by atoms with Crippen molar-refractivity contribution in [3.63, 3.8) is 0 Å². The molecule has 0 amide bonds. The molecular weight excluding hydrogens is 179 g/mol. The maximum Gasteiger partial charge on any atom is 0.123 e. The highest BCUT2D eigenvalue weighted by Crippen LogP contribution is 2.22. The highest BCUT2D eigenvalue weighted by atomic mass is 19.1. The molecule has 1 aliphatic rings. The molecule has 0 atom stereocenters. The normalized spacial score (nSPS) is 16.5. The molecule has 2 rings (SSSR count). The first-order valence-electron chi connectivity index (χ1n) is 4.88. The van der Waals surface area contributed by atoms with E-state index in [-0.39, 0.29) is 5.82 Å². The van der Waals surface area contributed by atoms with Gasteiger partial charge in [0, 0.05) is 25.8 Å². The molecule has 1 N–H and O–H groups in total. The van der Waals surface area contributed by atoms with Gasteiger partial charge in [0.25, 0.3) is 0 Å². The standard InChI is InChI=1S/C11H15FN2/c1-8-5-9(12)3-4-11(8)14(2)10-6-13-7-10/h3-5,10,13H,6-7H2,1-2H3. The van der Waals surface area contributed by atoms with Crippen molar-refractivity contribution in [1.29, 1.82) is 0 Å². The molecule has 1 aromatic rings. The van der Waals surface area contributed by atoms with E-state index in [2.05, 4.69) is 17.3 Å². The summed E-state index contributed by atoms with van der Waals surface area (Å²) in [4.78, 5) is 2.21. The Hall–Kier alpha value is -1.09. The summed E-state index contributed by atoms with van der Waals surface area (Å²) in [6, 6.07) is 5.51. The van der Waals surface area contributed by atoms with Gasteiger partial charge in [-0.1, -0.05) is 0 Å². The Kier molecular flexibility index (Phi) is 2.42. The molecule has 0 spiro atoms. The van der Waals surface area contributed by atoms with Crippen LogP contribution in [0.15, 0.2) is 18.2 Å². The minimum absolute atomic E-state index is 0.161. The molecule has 2 nitrogen and oxygen atoms in total. The van der Waals surface area contributed by atoms with E-state index in [9.17, 15) is 4.39 Å². The van der Waals surface area contributed by atoms with Crippen LogP contribution in [0.2, 0.25) is 0 Å². The van der Waals surface area contributed by atoms with E-state index in [1.807, 2.05) is 13.0 Å². The summed E-state index contributed by atoms with van der Waals surface area (Å²) in [5, 5.41) is 3.23. The van der Waals surface area contributed by atoms with Crippen molar-refractivity contribution in [3.05, 3.63) is 29.6 Å². The number of benzene rings is 1. The molecule has 0 bridgehead atoms. The summed E-state index contributed by atoms with van der Waals surface area (Å²) < 4.78 is 12.9. The number of likely N-dealkylation sites (N-methyl/N-ethyl adjacent to an activating group) is 1. The maximum atomic E-state index is 12.9. The van der Waals surface area contributed by atoms with Gasteiger partial charge < -0.3 is 10.2 Å². The largest absolute Gasteiger partial charge is 0.369 e. The third kappa shape index (κ3) is 1.60. The molecule has 1 aliphatic heterocycles. The van der Waals surface area contributed by atoms with Crippen molar-refractivity contribution < 1.29 is 4.39 Å². The van der Waals surface area contributed by atoms with E-state index < -0.39 is 0 Å². The minimum Gasteiger partial charge on any atom is -0.369 e. The molecule has 0 saturated carbocycles. The predicted octanol–water partition coefficient (Wildman–Crippen LogP) is 1.54. The Morgan fingerprint density at radius 1 is 1.43 bits per heavy atom. The molecule has 0 radical (unpaired) electrons. The second kappa shape index (κ2) is 3.58. The number of anilines is 1. The van der Waals surface area contributed by atoms with Gasteiger partial charge in [0.05, 0.1) is 6.04 Å². The van der Waals surface area contributed by atoms with E-state index in [1.165, 1.54) is 6.07 Å². The van der Waals surface area contributed by atoms with Gasteiger partial charge in [0.15, 0.2) is 0 Å². The molecule has 0 aromatic heterocycles. The van der Waals surface area contributed by atoms with Crippen molar-refractivity contribution >= 4 is 5.69 Å². The fourth-order valence-electron chi connectivity index (χ4n) is 1.76. The summed E-state index contributed by atoms with van der Waals surface area (Å²) in [5.41, 5.74) is 2.12. The summed E-state index contributed by atoms with van der Waals surface area (Å²) in [6.07, 6.45) is 0. The number of halogens is 1. The molecular formula is C11H15FN2. The Labute approximate surface area is 83.7 Å². The van der Waals surface area contributed by atoms with Crippen LogP contribution in [0.1, 0.15) is 5.56 Å². The van der Waals surface area contributed by atoms with Gasteiger partial charge in [-0.05, 0) is 30.7 Å². The van der Waals surface area contributed by atoms with Crippen LogP contribution < -0.4 is 10.2 Å². The van der Waals surface area contributed by atoms with Crippen LogP contribution >= 0.6 is 0 Å². The van der Waals surface area contributed by atoms with Crippen molar-refractivity contribution in [2.24, 2.45) is 0 Å². The Bertz CT molecular complexity index is 334. The van der Waals surface area contributed by atoms with Crippen molar-refractivity contribution in [2.45, 2.75) is 13.0 Å². The third-order valence-electron chi connectivity index (χ3n) is 2.85. The SMILES string of the molecule is Cc1cc(F)ccc1N(C)C1CNC1. The molecule has 1 aromatic carbocycles. The molecule has 76 valence electrons. The van der Waals surface area contributed by atoms with Gasteiger partial charge in [0.2, 0.25) is 0 Å². The van der Waals surface area contributed by atoms with Gasteiger partial charge >= 0.3 is 0 Å². The third-order valence-corrected chi connectivity index (χ3v) is 2.85. The molecule has 14 heavy (non-hydrogen) atoms. The first kappa shape index (κ1) is 9.46. The van der Waals surface area contributed by atoms with E-state index in [4.69, 9.17) is 0 Å². The second-order valence-corrected chi connectivity index (χ2v) is 3.85. The average molecular weight is 194 g/mol. The van der Waals surface area contributed by atoms with Crippen LogP contribution in [-0.4, -0.2) is 26.2 Å². The number of aryl methyl sites for hydroxylation is 1. The monoisotopic (exact) mass is 194 g/mol. The lowest BCUT2D eigenvalue weighted by Gasteiger charge is -2.37. The number of rotatable bonds is 2. The lowest BCUT2D eigenvalue weighted by Crippen LogP contribution is -2.56. The molecule has 3 heteroatoms.